The van der Waals surface area contributed by atoms with Crippen LogP contribution in [0.5, 0.6) is 0 Å². The number of piperazine rings is 1. The van der Waals surface area contributed by atoms with Crippen LogP contribution >= 0.6 is 35.3 Å². The molecule has 1 aliphatic heterocycles. The van der Waals surface area contributed by atoms with E-state index in [2.05, 4.69) is 44.4 Å². The highest BCUT2D eigenvalue weighted by Gasteiger charge is 2.29. The first-order chi connectivity index (χ1) is 14.1. The molecule has 0 unspecified atom stereocenters. The molecule has 0 spiro atoms. The van der Waals surface area contributed by atoms with Gasteiger partial charge in [-0.3, -0.25) is 14.7 Å². The van der Waals surface area contributed by atoms with Crippen LogP contribution in [0.4, 0.5) is 0 Å². The van der Waals surface area contributed by atoms with Crippen LogP contribution in [0.15, 0.2) is 10.4 Å². The summed E-state index contributed by atoms with van der Waals surface area (Å²) in [5, 5.41) is 6.59. The summed E-state index contributed by atoms with van der Waals surface area (Å²) >= 11 is 1.69. The van der Waals surface area contributed by atoms with Crippen LogP contribution in [0.2, 0.25) is 0 Å². The Morgan fingerprint density at radius 3 is 2.60 bits per heavy atom. The summed E-state index contributed by atoms with van der Waals surface area (Å²) < 4.78 is 0. The first-order valence-electron chi connectivity index (χ1n) is 11.0. The summed E-state index contributed by atoms with van der Waals surface area (Å²) in [5.41, 5.74) is 1.09. The Labute approximate surface area is 202 Å². The molecule has 0 atom stereocenters. The number of thiazole rings is 1. The molecule has 1 aliphatic carbocycles. The monoisotopic (exact) mass is 548 g/mol. The second-order valence-corrected chi connectivity index (χ2v) is 9.16. The van der Waals surface area contributed by atoms with Crippen molar-refractivity contribution in [3.63, 3.8) is 0 Å². The van der Waals surface area contributed by atoms with Crippen molar-refractivity contribution in [1.82, 2.24) is 25.0 Å². The number of carbonyl (C=O) groups excluding carboxylic acids is 1. The molecule has 1 N–H and O–H groups in total. The molecule has 2 fully saturated rings. The molecule has 1 aromatic heterocycles. The van der Waals surface area contributed by atoms with Gasteiger partial charge in [-0.2, -0.15) is 0 Å². The van der Waals surface area contributed by atoms with Crippen molar-refractivity contribution in [1.29, 1.82) is 0 Å². The summed E-state index contributed by atoms with van der Waals surface area (Å²) in [4.78, 5) is 28.6. The van der Waals surface area contributed by atoms with Crippen LogP contribution < -0.4 is 5.32 Å². The maximum Gasteiger partial charge on any atom is 0.225 e. The van der Waals surface area contributed by atoms with Crippen LogP contribution in [-0.2, 0) is 11.3 Å². The molecule has 1 aromatic rings. The van der Waals surface area contributed by atoms with E-state index in [4.69, 9.17) is 4.99 Å². The van der Waals surface area contributed by atoms with E-state index in [0.717, 1.165) is 81.9 Å². The Kier molecular flexibility index (Phi) is 10.8. The summed E-state index contributed by atoms with van der Waals surface area (Å²) in [6.45, 7) is 11.1. The third kappa shape index (κ3) is 7.33. The van der Waals surface area contributed by atoms with Gasteiger partial charge in [-0.05, 0) is 26.7 Å². The van der Waals surface area contributed by atoms with Crippen LogP contribution in [0.3, 0.4) is 0 Å². The van der Waals surface area contributed by atoms with Gasteiger partial charge >= 0.3 is 0 Å². The standard InChI is InChI=1S/C21H36N6OS.HI/c1-4-22-21(25(3)15-19-16-29-17(2)24-19)23-9-10-26-11-13-27(14-12-26)20(28)18-7-5-6-8-18;/h16,18H,4-15H2,1-3H3,(H,22,23);1H. The fourth-order valence-electron chi connectivity index (χ4n) is 4.19. The molecular formula is C21H37IN6OS. The van der Waals surface area contributed by atoms with Crippen molar-refractivity contribution in [3.05, 3.63) is 16.1 Å². The predicted molar refractivity (Wildman–Crippen MR) is 135 cm³/mol. The smallest absolute Gasteiger partial charge is 0.225 e. The number of guanidine groups is 1. The SMILES string of the molecule is CCNC(=NCCN1CCN(C(=O)C2CCCC2)CC1)N(C)Cc1csc(C)n1.I. The topological polar surface area (TPSA) is 64.1 Å². The third-order valence-electron chi connectivity index (χ3n) is 5.83. The zero-order chi connectivity index (χ0) is 20.6. The van der Waals surface area contributed by atoms with Crippen molar-refractivity contribution >= 4 is 47.2 Å². The molecule has 30 heavy (non-hydrogen) atoms. The minimum atomic E-state index is 0. The number of amides is 1. The highest BCUT2D eigenvalue weighted by molar-refractivity contribution is 14.0. The van der Waals surface area contributed by atoms with Gasteiger partial charge in [0.05, 0.1) is 23.8 Å². The minimum Gasteiger partial charge on any atom is -0.357 e. The van der Waals surface area contributed by atoms with E-state index in [0.29, 0.717) is 11.8 Å². The van der Waals surface area contributed by atoms with E-state index in [-0.39, 0.29) is 24.0 Å². The number of hydrogen-bond acceptors (Lipinski definition) is 5. The number of aromatic nitrogens is 1. The van der Waals surface area contributed by atoms with Gasteiger partial charge in [0.15, 0.2) is 5.96 Å². The van der Waals surface area contributed by atoms with Gasteiger partial charge in [-0.15, -0.1) is 35.3 Å². The number of aryl methyl sites for hydroxylation is 1. The molecule has 1 saturated carbocycles. The zero-order valence-corrected chi connectivity index (χ0v) is 21.7. The van der Waals surface area contributed by atoms with Crippen LogP contribution in [0.1, 0.15) is 43.3 Å². The second kappa shape index (κ2) is 12.8. The lowest BCUT2D eigenvalue weighted by Gasteiger charge is -2.35. The van der Waals surface area contributed by atoms with Crippen LogP contribution in [0, 0.1) is 12.8 Å². The van der Waals surface area contributed by atoms with E-state index in [1.807, 2.05) is 6.92 Å². The lowest BCUT2D eigenvalue weighted by atomic mass is 10.1. The molecule has 1 amide bonds. The van der Waals surface area contributed by atoms with Gasteiger partial charge in [-0.25, -0.2) is 4.98 Å². The average Bonchev–Trinajstić information content (AvgIpc) is 3.39. The Bertz CT molecular complexity index is 683. The summed E-state index contributed by atoms with van der Waals surface area (Å²) in [5.74, 6) is 1.62. The van der Waals surface area contributed by atoms with Gasteiger partial charge in [-0.1, -0.05) is 12.8 Å². The molecule has 0 aromatic carbocycles. The molecule has 0 bridgehead atoms. The van der Waals surface area contributed by atoms with Crippen molar-refractivity contribution in [2.24, 2.45) is 10.9 Å². The van der Waals surface area contributed by atoms with Gasteiger partial charge in [0.2, 0.25) is 5.91 Å². The predicted octanol–water partition coefficient (Wildman–Crippen LogP) is 2.80. The largest absolute Gasteiger partial charge is 0.357 e. The molecule has 170 valence electrons. The van der Waals surface area contributed by atoms with E-state index >= 15 is 0 Å². The molecule has 3 rings (SSSR count). The minimum absolute atomic E-state index is 0. The average molecular weight is 549 g/mol. The Morgan fingerprint density at radius 1 is 1.30 bits per heavy atom. The third-order valence-corrected chi connectivity index (χ3v) is 6.65. The lowest BCUT2D eigenvalue weighted by molar-refractivity contribution is -0.137. The van der Waals surface area contributed by atoms with E-state index in [1.54, 1.807) is 11.3 Å². The molecule has 7 nitrogen and oxygen atoms in total. The van der Waals surface area contributed by atoms with Gasteiger partial charge < -0.3 is 15.1 Å². The first kappa shape index (κ1) is 25.3. The normalized spacial score (nSPS) is 18.4. The first-order valence-corrected chi connectivity index (χ1v) is 11.9. The quantitative estimate of drug-likeness (QED) is 0.323. The van der Waals surface area contributed by atoms with Gasteiger partial charge in [0.1, 0.15) is 0 Å². The van der Waals surface area contributed by atoms with E-state index in [9.17, 15) is 4.79 Å². The zero-order valence-electron chi connectivity index (χ0n) is 18.6. The van der Waals surface area contributed by atoms with E-state index in [1.165, 1.54) is 12.8 Å². The maximum absolute atomic E-state index is 12.6. The van der Waals surface area contributed by atoms with Crippen molar-refractivity contribution < 1.29 is 4.79 Å². The highest BCUT2D eigenvalue weighted by atomic mass is 127. The fourth-order valence-corrected chi connectivity index (χ4v) is 4.79. The molecule has 2 aliphatic rings. The molecule has 2 heterocycles. The number of carbonyl (C=O) groups is 1. The van der Waals surface area contributed by atoms with Crippen LogP contribution in [0.25, 0.3) is 0 Å². The van der Waals surface area contributed by atoms with Crippen LogP contribution in [-0.4, -0.2) is 84.4 Å². The van der Waals surface area contributed by atoms with Gasteiger partial charge in [0.25, 0.3) is 0 Å². The number of nitrogens with one attached hydrogen (secondary N) is 1. The second-order valence-electron chi connectivity index (χ2n) is 8.10. The number of halogens is 1. The Hall–Kier alpha value is -0.940. The molecular weight excluding hydrogens is 511 g/mol. The lowest BCUT2D eigenvalue weighted by Crippen LogP contribution is -2.50. The summed E-state index contributed by atoms with van der Waals surface area (Å²) in [6, 6.07) is 0. The summed E-state index contributed by atoms with van der Waals surface area (Å²) in [6.07, 6.45) is 4.63. The number of aliphatic imine (C=N–C) groups is 1. The van der Waals surface area contributed by atoms with Crippen molar-refractivity contribution in [3.8, 4) is 0 Å². The van der Waals surface area contributed by atoms with Gasteiger partial charge in [0, 0.05) is 57.6 Å². The molecule has 0 radical (unpaired) electrons. The number of rotatable bonds is 7. The Morgan fingerprint density at radius 2 is 2.00 bits per heavy atom. The molecule has 9 heteroatoms. The maximum atomic E-state index is 12.6. The van der Waals surface area contributed by atoms with E-state index < -0.39 is 0 Å². The molecule has 1 saturated heterocycles. The summed E-state index contributed by atoms with van der Waals surface area (Å²) in [7, 11) is 2.06. The highest BCUT2D eigenvalue weighted by Crippen LogP contribution is 2.26. The number of nitrogens with zero attached hydrogens (tertiary/aromatic N) is 5. The fraction of sp³-hybridized carbons (Fsp3) is 0.762. The number of hydrogen-bond donors (Lipinski definition) is 1. The Balaban J connectivity index is 0.00000320. The van der Waals surface area contributed by atoms with Crippen molar-refractivity contribution in [2.45, 2.75) is 46.1 Å². The van der Waals surface area contributed by atoms with Crippen molar-refractivity contribution in [2.75, 3.05) is 52.9 Å².